The number of nitrogens with zero attached hydrogens (tertiary/aromatic N) is 2. The summed E-state index contributed by atoms with van der Waals surface area (Å²) in [7, 11) is -0.866. The third-order valence-corrected chi connectivity index (χ3v) is 6.11. The van der Waals surface area contributed by atoms with Crippen molar-refractivity contribution >= 4 is 21.7 Å². The zero-order valence-corrected chi connectivity index (χ0v) is 16.6. The minimum absolute atomic E-state index is 0.0238. The fourth-order valence-electron chi connectivity index (χ4n) is 2.22. The van der Waals surface area contributed by atoms with Gasteiger partial charge in [-0.15, -0.1) is 0 Å². The lowest BCUT2D eigenvalue weighted by molar-refractivity contribution is -0.385. The molecule has 0 aliphatic heterocycles. The Labute approximate surface area is 162 Å². The van der Waals surface area contributed by atoms with Crippen molar-refractivity contribution in [1.82, 2.24) is 4.31 Å². The number of nitro benzene ring substituents is 1. The summed E-state index contributed by atoms with van der Waals surface area (Å²) >= 11 is 0. The first kappa shape index (κ1) is 21.3. The molecule has 0 atom stereocenters. The van der Waals surface area contributed by atoms with Crippen molar-refractivity contribution in [3.8, 4) is 11.5 Å². The van der Waals surface area contributed by atoms with Gasteiger partial charge in [-0.05, 0) is 50.2 Å². The molecule has 0 N–H and O–H groups in total. The molecule has 0 saturated heterocycles. The van der Waals surface area contributed by atoms with Gasteiger partial charge in [-0.1, -0.05) is 0 Å². The molecule has 10 heteroatoms. The highest BCUT2D eigenvalue weighted by molar-refractivity contribution is 7.89. The van der Waals surface area contributed by atoms with E-state index in [2.05, 4.69) is 0 Å². The largest absolute Gasteiger partial charge is 0.496 e. The smallest absolute Gasteiger partial charge is 0.343 e. The number of nitro groups is 1. The number of hydrogen-bond donors (Lipinski definition) is 0. The number of methoxy groups -OCH3 is 1. The first-order valence-corrected chi connectivity index (χ1v) is 9.64. The number of carbonyl (C=O) groups is 1. The maximum Gasteiger partial charge on any atom is 0.343 e. The van der Waals surface area contributed by atoms with Gasteiger partial charge < -0.3 is 9.47 Å². The third-order valence-electron chi connectivity index (χ3n) is 4.06. The molecule has 0 aromatic heterocycles. The number of benzene rings is 2. The van der Waals surface area contributed by atoms with Crippen LogP contribution in [-0.2, 0) is 10.0 Å². The van der Waals surface area contributed by atoms with Crippen molar-refractivity contribution in [2.75, 3.05) is 14.2 Å². The second-order valence-corrected chi connectivity index (χ2v) is 8.12. The topological polar surface area (TPSA) is 116 Å². The Kier molecular flexibility index (Phi) is 6.37. The summed E-state index contributed by atoms with van der Waals surface area (Å²) in [5, 5.41) is 11.2. The lowest BCUT2D eigenvalue weighted by Crippen LogP contribution is -2.33. The molecule has 0 aliphatic carbocycles. The number of rotatable bonds is 7. The van der Waals surface area contributed by atoms with Gasteiger partial charge in [0.15, 0.2) is 0 Å². The molecule has 0 radical (unpaired) electrons. The van der Waals surface area contributed by atoms with E-state index in [4.69, 9.17) is 9.47 Å². The van der Waals surface area contributed by atoms with Crippen molar-refractivity contribution in [2.45, 2.75) is 24.8 Å². The maximum absolute atomic E-state index is 12.4. The van der Waals surface area contributed by atoms with E-state index in [0.29, 0.717) is 0 Å². The zero-order chi connectivity index (χ0) is 21.1. The average Bonchev–Trinajstić information content (AvgIpc) is 2.67. The second-order valence-electron chi connectivity index (χ2n) is 6.12. The van der Waals surface area contributed by atoms with E-state index in [1.165, 1.54) is 54.9 Å². The average molecular weight is 408 g/mol. The van der Waals surface area contributed by atoms with Gasteiger partial charge in [-0.2, -0.15) is 4.31 Å². The van der Waals surface area contributed by atoms with Crippen LogP contribution in [0, 0.1) is 10.1 Å². The molecule has 0 fully saturated rings. The van der Waals surface area contributed by atoms with Gasteiger partial charge >= 0.3 is 11.7 Å². The van der Waals surface area contributed by atoms with Gasteiger partial charge in [-0.3, -0.25) is 10.1 Å². The van der Waals surface area contributed by atoms with Crippen LogP contribution >= 0.6 is 0 Å². The SMILES string of the molecule is COc1ccc(OC(=O)c2ccc(S(=O)(=O)N(C)C(C)C)cc2)c([N+](=O)[O-])c1. The minimum Gasteiger partial charge on any atom is -0.496 e. The van der Waals surface area contributed by atoms with Crippen LogP contribution in [0.3, 0.4) is 0 Å². The van der Waals surface area contributed by atoms with Gasteiger partial charge in [0.25, 0.3) is 0 Å². The van der Waals surface area contributed by atoms with Crippen LogP contribution in [0.1, 0.15) is 24.2 Å². The third kappa shape index (κ3) is 4.46. The van der Waals surface area contributed by atoms with Crippen molar-refractivity contribution in [3.63, 3.8) is 0 Å². The lowest BCUT2D eigenvalue weighted by Gasteiger charge is -2.20. The van der Waals surface area contributed by atoms with Crippen LogP contribution in [0.15, 0.2) is 47.4 Å². The summed E-state index contributed by atoms with van der Waals surface area (Å²) in [4.78, 5) is 22.8. The summed E-state index contributed by atoms with van der Waals surface area (Å²) in [6, 6.07) is 8.74. The van der Waals surface area contributed by atoms with Crippen LogP contribution in [0.5, 0.6) is 11.5 Å². The second kappa shape index (κ2) is 8.36. The molecule has 2 rings (SSSR count). The molecule has 2 aromatic rings. The van der Waals surface area contributed by atoms with Crippen LogP contribution < -0.4 is 9.47 Å². The lowest BCUT2D eigenvalue weighted by atomic mass is 10.2. The monoisotopic (exact) mass is 408 g/mol. The minimum atomic E-state index is -3.69. The summed E-state index contributed by atoms with van der Waals surface area (Å²) in [6.45, 7) is 3.48. The van der Waals surface area contributed by atoms with E-state index in [0.717, 1.165) is 6.07 Å². The molecule has 9 nitrogen and oxygen atoms in total. The van der Waals surface area contributed by atoms with E-state index >= 15 is 0 Å². The highest BCUT2D eigenvalue weighted by atomic mass is 32.2. The Bertz CT molecular complexity index is 985. The Morgan fingerprint density at radius 2 is 1.75 bits per heavy atom. The highest BCUT2D eigenvalue weighted by Gasteiger charge is 2.24. The summed E-state index contributed by atoms with van der Waals surface area (Å²) in [5.41, 5.74) is -0.373. The number of carbonyl (C=O) groups excluding carboxylic acids is 1. The first-order chi connectivity index (χ1) is 13.1. The van der Waals surface area contributed by atoms with Gasteiger partial charge in [0.2, 0.25) is 15.8 Å². The van der Waals surface area contributed by atoms with E-state index in [1.54, 1.807) is 13.8 Å². The maximum atomic E-state index is 12.4. The number of hydrogen-bond acceptors (Lipinski definition) is 7. The fourth-order valence-corrected chi connectivity index (χ4v) is 3.59. The molecule has 2 aromatic carbocycles. The standard InChI is InChI=1S/C18H20N2O7S/c1-12(2)19(3)28(24,25)15-8-5-13(6-9-15)18(21)27-17-10-7-14(26-4)11-16(17)20(22)23/h5-12H,1-4H3. The van der Waals surface area contributed by atoms with Crippen LogP contribution in [0.2, 0.25) is 0 Å². The van der Waals surface area contributed by atoms with Crippen molar-refractivity contribution in [1.29, 1.82) is 0 Å². The molecular formula is C18H20N2O7S. The molecule has 0 spiro atoms. The first-order valence-electron chi connectivity index (χ1n) is 8.20. The molecule has 150 valence electrons. The molecule has 0 aliphatic rings. The Hall–Kier alpha value is -2.98. The van der Waals surface area contributed by atoms with Gasteiger partial charge in [0.05, 0.1) is 28.6 Å². The van der Waals surface area contributed by atoms with Crippen molar-refractivity contribution in [2.24, 2.45) is 0 Å². The Balaban J connectivity index is 2.26. The predicted molar refractivity (Wildman–Crippen MR) is 101 cm³/mol. The van der Waals surface area contributed by atoms with Crippen LogP contribution in [0.25, 0.3) is 0 Å². The summed E-state index contributed by atoms with van der Waals surface area (Å²) in [6.07, 6.45) is 0. The van der Waals surface area contributed by atoms with E-state index in [9.17, 15) is 23.3 Å². The van der Waals surface area contributed by atoms with Crippen molar-refractivity contribution in [3.05, 3.63) is 58.1 Å². The molecule has 0 bridgehead atoms. The summed E-state index contributed by atoms with van der Waals surface area (Å²) in [5.74, 6) is -0.850. The molecule has 0 unspecified atom stereocenters. The van der Waals surface area contributed by atoms with Crippen LogP contribution in [-0.4, -0.2) is 43.8 Å². The number of ether oxygens (including phenoxy) is 2. The van der Waals surface area contributed by atoms with E-state index < -0.39 is 26.6 Å². The molecule has 28 heavy (non-hydrogen) atoms. The van der Waals surface area contributed by atoms with Crippen molar-refractivity contribution < 1.29 is 27.6 Å². The molecule has 0 amide bonds. The normalized spacial score (nSPS) is 11.5. The fraction of sp³-hybridized carbons (Fsp3) is 0.278. The highest BCUT2D eigenvalue weighted by Crippen LogP contribution is 2.31. The van der Waals surface area contributed by atoms with Gasteiger partial charge in [-0.25, -0.2) is 13.2 Å². The van der Waals surface area contributed by atoms with E-state index in [-0.39, 0.29) is 28.0 Å². The van der Waals surface area contributed by atoms with Gasteiger partial charge in [0.1, 0.15) is 5.75 Å². The van der Waals surface area contributed by atoms with E-state index in [1.807, 2.05) is 0 Å². The number of esters is 1. The van der Waals surface area contributed by atoms with Crippen LogP contribution in [0.4, 0.5) is 5.69 Å². The Morgan fingerprint density at radius 1 is 1.14 bits per heavy atom. The van der Waals surface area contributed by atoms with Gasteiger partial charge in [0, 0.05) is 13.1 Å². The molecular weight excluding hydrogens is 388 g/mol. The zero-order valence-electron chi connectivity index (χ0n) is 15.8. The number of sulfonamides is 1. The quantitative estimate of drug-likeness (QED) is 0.299. The molecule has 0 saturated carbocycles. The molecule has 0 heterocycles. The predicted octanol–water partition coefficient (Wildman–Crippen LogP) is 2.85. The Morgan fingerprint density at radius 3 is 2.25 bits per heavy atom. The summed E-state index contributed by atoms with van der Waals surface area (Å²) < 4.78 is 36.1.